The van der Waals surface area contributed by atoms with Gasteiger partial charge >= 0.3 is 6.18 Å². The third-order valence-electron chi connectivity index (χ3n) is 4.97. The minimum atomic E-state index is -4.38. The largest absolute Gasteiger partial charge is 0.416 e. The van der Waals surface area contributed by atoms with E-state index in [9.17, 15) is 22.8 Å². The fourth-order valence-electron chi connectivity index (χ4n) is 3.20. The number of nitrogens with zero attached hydrogens (tertiary/aromatic N) is 1. The van der Waals surface area contributed by atoms with Gasteiger partial charge in [-0.25, -0.2) is 4.98 Å². The highest BCUT2D eigenvalue weighted by Crippen LogP contribution is 2.36. The Morgan fingerprint density at radius 1 is 1.27 bits per heavy atom. The van der Waals surface area contributed by atoms with Gasteiger partial charge in [-0.1, -0.05) is 25.5 Å². The van der Waals surface area contributed by atoms with Gasteiger partial charge in [0.1, 0.15) is 5.69 Å². The van der Waals surface area contributed by atoms with Crippen molar-refractivity contribution in [3.8, 4) is 0 Å². The van der Waals surface area contributed by atoms with Gasteiger partial charge in [-0.3, -0.25) is 9.59 Å². The van der Waals surface area contributed by atoms with E-state index in [1.54, 1.807) is 6.92 Å². The number of rotatable bonds is 5. The van der Waals surface area contributed by atoms with Crippen molar-refractivity contribution in [3.05, 3.63) is 63.3 Å². The maximum absolute atomic E-state index is 12.7. The van der Waals surface area contributed by atoms with Gasteiger partial charge in [0.05, 0.1) is 11.9 Å². The minimum absolute atomic E-state index is 0.0628. The Balaban J connectivity index is 1.78. The maximum Gasteiger partial charge on any atom is 0.416 e. The van der Waals surface area contributed by atoms with Crippen molar-refractivity contribution in [1.82, 2.24) is 9.97 Å². The molecule has 0 spiro atoms. The predicted octanol–water partition coefficient (Wildman–Crippen LogP) is 4.43. The second kappa shape index (κ2) is 7.05. The summed E-state index contributed by atoms with van der Waals surface area (Å²) in [5.74, 6) is -0.474. The lowest BCUT2D eigenvalue weighted by Gasteiger charge is -2.26. The molecule has 26 heavy (non-hydrogen) atoms. The molecule has 1 aromatic carbocycles. The molecule has 1 aliphatic carbocycles. The lowest BCUT2D eigenvalue weighted by atomic mass is 9.79. The summed E-state index contributed by atoms with van der Waals surface area (Å²) in [6, 6.07) is 4.81. The molecule has 4 nitrogen and oxygen atoms in total. The summed E-state index contributed by atoms with van der Waals surface area (Å²) in [4.78, 5) is 31.4. The van der Waals surface area contributed by atoms with Crippen LogP contribution in [0.5, 0.6) is 0 Å². The summed E-state index contributed by atoms with van der Waals surface area (Å²) in [7, 11) is 0. The van der Waals surface area contributed by atoms with Crippen LogP contribution in [0.3, 0.4) is 0 Å². The van der Waals surface area contributed by atoms with E-state index in [-0.39, 0.29) is 35.3 Å². The van der Waals surface area contributed by atoms with Crippen LogP contribution in [0.15, 0.2) is 35.4 Å². The number of aromatic nitrogens is 2. The molecule has 1 aromatic heterocycles. The first-order chi connectivity index (χ1) is 12.3. The number of halogens is 3. The molecule has 0 bridgehead atoms. The third kappa shape index (κ3) is 3.71. The molecule has 0 saturated heterocycles. The third-order valence-corrected chi connectivity index (χ3v) is 4.97. The van der Waals surface area contributed by atoms with Gasteiger partial charge in [-0.2, -0.15) is 13.2 Å². The molecule has 138 valence electrons. The van der Waals surface area contributed by atoms with Crippen molar-refractivity contribution < 1.29 is 18.0 Å². The molecular weight excluding hydrogens is 345 g/mol. The first-order valence-electron chi connectivity index (χ1n) is 8.55. The standard InChI is InChI=1S/C19H19F3N2O2/c1-11(12-5-7-14(8-6-12)19(20,21)22)9-15(25)17-16(13-3-2-4-13)18(26)24-10-23-17/h5-8,10-11,13H,2-4,9H2,1H3,(H,23,24,26)/t11-/m0/s1. The van der Waals surface area contributed by atoms with Crippen LogP contribution in [-0.2, 0) is 6.18 Å². The van der Waals surface area contributed by atoms with Gasteiger partial charge in [0.25, 0.3) is 5.56 Å². The molecule has 1 saturated carbocycles. The molecule has 2 aromatic rings. The Labute approximate surface area is 148 Å². The fraction of sp³-hybridized carbons (Fsp3) is 0.421. The molecular formula is C19H19F3N2O2. The first kappa shape index (κ1) is 18.4. The lowest BCUT2D eigenvalue weighted by molar-refractivity contribution is -0.137. The van der Waals surface area contributed by atoms with Crippen LogP contribution < -0.4 is 5.56 Å². The van der Waals surface area contributed by atoms with E-state index in [1.807, 2.05) is 0 Å². The van der Waals surface area contributed by atoms with Crippen molar-refractivity contribution in [2.75, 3.05) is 0 Å². The number of ketones is 1. The van der Waals surface area contributed by atoms with Crippen molar-refractivity contribution in [1.29, 1.82) is 0 Å². The van der Waals surface area contributed by atoms with E-state index in [1.165, 1.54) is 18.5 Å². The zero-order chi connectivity index (χ0) is 18.9. The zero-order valence-electron chi connectivity index (χ0n) is 14.3. The van der Waals surface area contributed by atoms with Crippen LogP contribution in [0.2, 0.25) is 0 Å². The van der Waals surface area contributed by atoms with E-state index in [0.717, 1.165) is 31.4 Å². The molecule has 1 N–H and O–H groups in total. The van der Waals surface area contributed by atoms with Crippen molar-refractivity contribution in [3.63, 3.8) is 0 Å². The number of alkyl halides is 3. The van der Waals surface area contributed by atoms with Gasteiger partial charge in [-0.15, -0.1) is 0 Å². The summed E-state index contributed by atoms with van der Waals surface area (Å²) in [5.41, 5.74) is 0.278. The number of H-pyrrole nitrogens is 1. The molecule has 1 fully saturated rings. The van der Waals surface area contributed by atoms with Crippen LogP contribution in [-0.4, -0.2) is 15.8 Å². The number of hydrogen-bond donors (Lipinski definition) is 1. The lowest BCUT2D eigenvalue weighted by Crippen LogP contribution is -2.26. The minimum Gasteiger partial charge on any atom is -0.313 e. The Kier molecular flexibility index (Phi) is 4.98. The van der Waals surface area contributed by atoms with Crippen LogP contribution in [0.1, 0.15) is 71.6 Å². The smallest absolute Gasteiger partial charge is 0.313 e. The molecule has 1 atom stereocenters. The Hall–Kier alpha value is -2.44. The number of hydrogen-bond acceptors (Lipinski definition) is 3. The number of benzene rings is 1. The molecule has 7 heteroatoms. The maximum atomic E-state index is 12.7. The van der Waals surface area contributed by atoms with E-state index in [0.29, 0.717) is 11.1 Å². The number of carbonyl (C=O) groups is 1. The van der Waals surface area contributed by atoms with Gasteiger partial charge in [-0.05, 0) is 42.4 Å². The van der Waals surface area contributed by atoms with Gasteiger partial charge < -0.3 is 4.98 Å². The molecule has 0 radical (unpaired) electrons. The average molecular weight is 364 g/mol. The number of Topliss-reactive ketones (excluding diaryl/α,β-unsaturated/α-hetero) is 1. The highest BCUT2D eigenvalue weighted by atomic mass is 19.4. The topological polar surface area (TPSA) is 62.8 Å². The first-order valence-corrected chi connectivity index (χ1v) is 8.55. The number of nitrogens with one attached hydrogen (secondary N) is 1. The molecule has 1 aliphatic rings. The number of carbonyl (C=O) groups excluding carboxylic acids is 1. The quantitative estimate of drug-likeness (QED) is 0.798. The van der Waals surface area contributed by atoms with Crippen LogP contribution in [0, 0.1) is 0 Å². The highest BCUT2D eigenvalue weighted by Gasteiger charge is 2.31. The molecule has 0 aliphatic heterocycles. The van der Waals surface area contributed by atoms with Crippen molar-refractivity contribution in [2.24, 2.45) is 0 Å². The Bertz CT molecular complexity index is 852. The van der Waals surface area contributed by atoms with Crippen LogP contribution >= 0.6 is 0 Å². The van der Waals surface area contributed by atoms with Crippen molar-refractivity contribution >= 4 is 5.78 Å². The summed E-state index contributed by atoms with van der Waals surface area (Å²) < 4.78 is 38.0. The summed E-state index contributed by atoms with van der Waals surface area (Å²) >= 11 is 0. The zero-order valence-corrected chi connectivity index (χ0v) is 14.3. The molecule has 1 heterocycles. The summed E-state index contributed by atoms with van der Waals surface area (Å²) in [5, 5.41) is 0. The van der Waals surface area contributed by atoms with E-state index >= 15 is 0 Å². The molecule has 0 amide bonds. The van der Waals surface area contributed by atoms with Crippen molar-refractivity contribution in [2.45, 2.75) is 50.6 Å². The second-order valence-electron chi connectivity index (χ2n) is 6.77. The molecule has 0 unspecified atom stereocenters. The van der Waals surface area contributed by atoms with Gasteiger partial charge in [0.15, 0.2) is 5.78 Å². The summed E-state index contributed by atoms with van der Waals surface area (Å²) in [6.45, 7) is 1.77. The molecule has 3 rings (SSSR count). The number of aromatic amines is 1. The van der Waals surface area contributed by atoms with E-state index in [2.05, 4.69) is 9.97 Å². The normalized spacial score (nSPS) is 16.2. The highest BCUT2D eigenvalue weighted by molar-refractivity contribution is 5.96. The van der Waals surface area contributed by atoms with Gasteiger partial charge in [0, 0.05) is 12.0 Å². The predicted molar refractivity (Wildman–Crippen MR) is 90.3 cm³/mol. The average Bonchev–Trinajstić information content (AvgIpc) is 2.54. The second-order valence-corrected chi connectivity index (χ2v) is 6.77. The fourth-order valence-corrected chi connectivity index (χ4v) is 3.20. The SMILES string of the molecule is C[C@@H](CC(=O)c1nc[nH]c(=O)c1C1CCC1)c1ccc(C(F)(F)F)cc1. The monoisotopic (exact) mass is 364 g/mol. The van der Waals surface area contributed by atoms with Crippen LogP contribution in [0.25, 0.3) is 0 Å². The Morgan fingerprint density at radius 2 is 1.92 bits per heavy atom. The summed E-state index contributed by atoms with van der Waals surface area (Å²) in [6.07, 6.45) is -0.325. The Morgan fingerprint density at radius 3 is 2.46 bits per heavy atom. The van der Waals surface area contributed by atoms with E-state index in [4.69, 9.17) is 0 Å². The van der Waals surface area contributed by atoms with Crippen LogP contribution in [0.4, 0.5) is 13.2 Å². The van der Waals surface area contributed by atoms with E-state index < -0.39 is 11.7 Å². The van der Waals surface area contributed by atoms with Gasteiger partial charge in [0.2, 0.25) is 0 Å².